The van der Waals surface area contributed by atoms with E-state index in [1.165, 1.54) is 16.7 Å². The van der Waals surface area contributed by atoms with Crippen LogP contribution >= 0.6 is 0 Å². The van der Waals surface area contributed by atoms with Crippen molar-refractivity contribution in [1.82, 2.24) is 5.32 Å². The first kappa shape index (κ1) is 15.0. The van der Waals surface area contributed by atoms with Gasteiger partial charge in [-0.2, -0.15) is 0 Å². The van der Waals surface area contributed by atoms with Crippen LogP contribution in [-0.2, 0) is 6.54 Å². The maximum absolute atomic E-state index is 5.60. The first-order valence-electron chi connectivity index (χ1n) is 6.63. The number of methoxy groups -OCH3 is 1. The largest absolute Gasteiger partial charge is 0.496 e. The second-order valence-electron chi connectivity index (χ2n) is 5.07. The molecule has 0 saturated carbocycles. The zero-order valence-corrected chi connectivity index (χ0v) is 12.0. The predicted molar refractivity (Wildman–Crippen MR) is 77.0 cm³/mol. The maximum atomic E-state index is 5.60. The lowest BCUT2D eigenvalue weighted by molar-refractivity contribution is 0.408. The first-order valence-corrected chi connectivity index (χ1v) is 6.63. The standard InChI is InChI=1S/C15H26N2O/c1-11(9-16)5-6-17-10-14-7-12(2)15(18-4)13(3)8-14/h7-8,11,17H,5-6,9-10,16H2,1-4H3. The molecule has 3 nitrogen and oxygen atoms in total. The van der Waals surface area contributed by atoms with Crippen molar-refractivity contribution in [2.45, 2.75) is 33.7 Å². The molecule has 0 aliphatic carbocycles. The summed E-state index contributed by atoms with van der Waals surface area (Å²) in [6, 6.07) is 4.37. The van der Waals surface area contributed by atoms with E-state index >= 15 is 0 Å². The molecule has 0 fully saturated rings. The van der Waals surface area contributed by atoms with Gasteiger partial charge in [0.2, 0.25) is 0 Å². The molecule has 0 spiro atoms. The number of rotatable bonds is 7. The highest BCUT2D eigenvalue weighted by Gasteiger charge is 2.05. The molecule has 0 aliphatic heterocycles. The number of nitrogens with one attached hydrogen (secondary N) is 1. The Morgan fingerprint density at radius 1 is 1.28 bits per heavy atom. The third-order valence-corrected chi connectivity index (χ3v) is 3.27. The third kappa shape index (κ3) is 4.31. The quantitative estimate of drug-likeness (QED) is 0.730. The summed E-state index contributed by atoms with van der Waals surface area (Å²) in [5.41, 5.74) is 9.30. The summed E-state index contributed by atoms with van der Waals surface area (Å²) >= 11 is 0. The van der Waals surface area contributed by atoms with Gasteiger partial charge in [-0.15, -0.1) is 0 Å². The lowest BCUT2D eigenvalue weighted by Crippen LogP contribution is -2.20. The average molecular weight is 250 g/mol. The van der Waals surface area contributed by atoms with Crippen LogP contribution in [0.15, 0.2) is 12.1 Å². The predicted octanol–water partition coefficient (Wildman–Crippen LogP) is 2.39. The van der Waals surface area contributed by atoms with Crippen molar-refractivity contribution >= 4 is 0 Å². The summed E-state index contributed by atoms with van der Waals surface area (Å²) in [5, 5.41) is 3.46. The lowest BCUT2D eigenvalue weighted by atomic mass is 10.1. The molecule has 0 radical (unpaired) electrons. The summed E-state index contributed by atoms with van der Waals surface area (Å²) in [6.07, 6.45) is 1.13. The van der Waals surface area contributed by atoms with Crippen molar-refractivity contribution in [2.75, 3.05) is 20.2 Å². The van der Waals surface area contributed by atoms with E-state index in [1.807, 2.05) is 0 Å². The molecular formula is C15H26N2O. The number of nitrogens with two attached hydrogens (primary N) is 1. The van der Waals surface area contributed by atoms with E-state index in [0.29, 0.717) is 5.92 Å². The van der Waals surface area contributed by atoms with E-state index in [-0.39, 0.29) is 0 Å². The molecule has 1 aromatic rings. The molecule has 0 aromatic heterocycles. The molecule has 3 N–H and O–H groups in total. The molecule has 18 heavy (non-hydrogen) atoms. The van der Waals surface area contributed by atoms with Crippen molar-refractivity contribution in [1.29, 1.82) is 0 Å². The van der Waals surface area contributed by atoms with Gasteiger partial charge in [-0.25, -0.2) is 0 Å². The summed E-state index contributed by atoms with van der Waals surface area (Å²) in [6.45, 7) is 9.05. The number of ether oxygens (including phenoxy) is 1. The molecule has 0 bridgehead atoms. The Labute approximate surface area is 111 Å². The highest BCUT2D eigenvalue weighted by atomic mass is 16.5. The van der Waals surface area contributed by atoms with E-state index in [1.54, 1.807) is 7.11 Å². The van der Waals surface area contributed by atoms with Crippen LogP contribution in [0.4, 0.5) is 0 Å². The Morgan fingerprint density at radius 2 is 1.89 bits per heavy atom. The van der Waals surface area contributed by atoms with Gasteiger partial charge in [-0.05, 0) is 56.0 Å². The fourth-order valence-corrected chi connectivity index (χ4v) is 2.16. The minimum atomic E-state index is 0.594. The molecule has 3 heteroatoms. The maximum Gasteiger partial charge on any atom is 0.124 e. The number of benzene rings is 1. The van der Waals surface area contributed by atoms with Crippen LogP contribution in [0.3, 0.4) is 0 Å². The SMILES string of the molecule is COc1c(C)cc(CNCCC(C)CN)cc1C. The van der Waals surface area contributed by atoms with Crippen molar-refractivity contribution in [3.63, 3.8) is 0 Å². The average Bonchev–Trinajstić information content (AvgIpc) is 2.34. The van der Waals surface area contributed by atoms with Gasteiger partial charge in [0.1, 0.15) is 5.75 Å². The molecule has 0 aliphatic rings. The van der Waals surface area contributed by atoms with Gasteiger partial charge in [0.05, 0.1) is 7.11 Å². The van der Waals surface area contributed by atoms with E-state index in [0.717, 1.165) is 31.8 Å². The van der Waals surface area contributed by atoms with E-state index in [4.69, 9.17) is 10.5 Å². The summed E-state index contributed by atoms with van der Waals surface area (Å²) in [4.78, 5) is 0. The fourth-order valence-electron chi connectivity index (χ4n) is 2.16. The second kappa shape index (κ2) is 7.39. The normalized spacial score (nSPS) is 12.5. The van der Waals surface area contributed by atoms with Crippen LogP contribution in [0, 0.1) is 19.8 Å². The van der Waals surface area contributed by atoms with Gasteiger partial charge in [0, 0.05) is 6.54 Å². The van der Waals surface area contributed by atoms with Crippen LogP contribution in [0.1, 0.15) is 30.0 Å². The van der Waals surface area contributed by atoms with Crippen molar-refractivity contribution in [2.24, 2.45) is 11.7 Å². The number of hydrogen-bond donors (Lipinski definition) is 2. The molecular weight excluding hydrogens is 224 g/mol. The van der Waals surface area contributed by atoms with Gasteiger partial charge in [0.15, 0.2) is 0 Å². The molecule has 1 unspecified atom stereocenters. The minimum absolute atomic E-state index is 0.594. The van der Waals surface area contributed by atoms with Gasteiger partial charge in [-0.1, -0.05) is 19.1 Å². The van der Waals surface area contributed by atoms with Crippen LogP contribution in [0.25, 0.3) is 0 Å². The molecule has 0 amide bonds. The van der Waals surface area contributed by atoms with Crippen molar-refractivity contribution in [3.8, 4) is 5.75 Å². The van der Waals surface area contributed by atoms with Crippen LogP contribution < -0.4 is 15.8 Å². The fraction of sp³-hybridized carbons (Fsp3) is 0.600. The van der Waals surface area contributed by atoms with E-state index in [2.05, 4.69) is 38.2 Å². The van der Waals surface area contributed by atoms with Crippen molar-refractivity contribution in [3.05, 3.63) is 28.8 Å². The monoisotopic (exact) mass is 250 g/mol. The third-order valence-electron chi connectivity index (χ3n) is 3.27. The molecule has 1 rings (SSSR count). The van der Waals surface area contributed by atoms with Gasteiger partial charge < -0.3 is 15.8 Å². The Morgan fingerprint density at radius 3 is 2.39 bits per heavy atom. The summed E-state index contributed by atoms with van der Waals surface area (Å²) in [7, 11) is 1.72. The number of aryl methyl sites for hydroxylation is 2. The van der Waals surface area contributed by atoms with Gasteiger partial charge >= 0.3 is 0 Å². The Balaban J connectivity index is 2.48. The molecule has 1 atom stereocenters. The highest BCUT2D eigenvalue weighted by Crippen LogP contribution is 2.24. The molecule has 102 valence electrons. The molecule has 1 aromatic carbocycles. The zero-order valence-electron chi connectivity index (χ0n) is 12.0. The second-order valence-corrected chi connectivity index (χ2v) is 5.07. The first-order chi connectivity index (χ1) is 8.58. The Bertz CT molecular complexity index is 354. The number of hydrogen-bond acceptors (Lipinski definition) is 3. The Kier molecular flexibility index (Phi) is 6.16. The lowest BCUT2D eigenvalue weighted by Gasteiger charge is -2.13. The zero-order chi connectivity index (χ0) is 13.5. The van der Waals surface area contributed by atoms with E-state index in [9.17, 15) is 0 Å². The smallest absolute Gasteiger partial charge is 0.124 e. The molecule has 0 saturated heterocycles. The van der Waals surface area contributed by atoms with E-state index < -0.39 is 0 Å². The summed E-state index contributed by atoms with van der Waals surface area (Å²) < 4.78 is 5.37. The topological polar surface area (TPSA) is 47.3 Å². The summed E-state index contributed by atoms with van der Waals surface area (Å²) in [5.74, 6) is 1.59. The Hall–Kier alpha value is -1.06. The van der Waals surface area contributed by atoms with Gasteiger partial charge in [-0.3, -0.25) is 0 Å². The van der Waals surface area contributed by atoms with Gasteiger partial charge in [0.25, 0.3) is 0 Å². The van der Waals surface area contributed by atoms with Crippen LogP contribution in [0.5, 0.6) is 5.75 Å². The molecule has 0 heterocycles. The van der Waals surface area contributed by atoms with Crippen LogP contribution in [0.2, 0.25) is 0 Å². The minimum Gasteiger partial charge on any atom is -0.496 e. The van der Waals surface area contributed by atoms with Crippen molar-refractivity contribution < 1.29 is 4.74 Å². The highest BCUT2D eigenvalue weighted by molar-refractivity contribution is 5.43. The van der Waals surface area contributed by atoms with Crippen LogP contribution in [-0.4, -0.2) is 20.2 Å².